The number of aryl methyl sites for hydroxylation is 1. The van der Waals surface area contributed by atoms with Crippen LogP contribution in [0.25, 0.3) is 0 Å². The molecule has 0 N–H and O–H groups in total. The average Bonchev–Trinajstić information content (AvgIpc) is 2.26. The third-order valence-electron chi connectivity index (χ3n) is 4.55. The summed E-state index contributed by atoms with van der Waals surface area (Å²) in [6.45, 7) is 7.08. The summed E-state index contributed by atoms with van der Waals surface area (Å²) in [5, 5.41) is 0. The van der Waals surface area contributed by atoms with Crippen LogP contribution in [0.5, 0.6) is 0 Å². The summed E-state index contributed by atoms with van der Waals surface area (Å²) in [6, 6.07) is 9.10. The molecular weight excluding hydrogens is 192 g/mol. The van der Waals surface area contributed by atoms with Crippen molar-refractivity contribution < 1.29 is 0 Å². The molecule has 0 heterocycles. The van der Waals surface area contributed by atoms with E-state index in [0.717, 1.165) is 5.92 Å². The van der Waals surface area contributed by atoms with E-state index in [9.17, 15) is 0 Å². The topological polar surface area (TPSA) is 0 Å². The number of hydrogen-bond donors (Lipinski definition) is 0. The Kier molecular flexibility index (Phi) is 3.37. The second-order valence-electron chi connectivity index (χ2n) is 5.96. The summed E-state index contributed by atoms with van der Waals surface area (Å²) >= 11 is 0. The molecule has 0 radical (unpaired) electrons. The molecule has 1 aliphatic rings. The molecule has 16 heavy (non-hydrogen) atoms. The number of rotatable bonds is 2. The summed E-state index contributed by atoms with van der Waals surface area (Å²) < 4.78 is 0. The molecule has 0 nitrogen and oxygen atoms in total. The molecule has 2 atom stereocenters. The van der Waals surface area contributed by atoms with E-state index < -0.39 is 0 Å². The summed E-state index contributed by atoms with van der Waals surface area (Å²) in [6.07, 6.45) is 6.94. The van der Waals surface area contributed by atoms with Gasteiger partial charge in [0.2, 0.25) is 0 Å². The quantitative estimate of drug-likeness (QED) is 0.669. The number of benzene rings is 1. The molecule has 0 aliphatic heterocycles. The summed E-state index contributed by atoms with van der Waals surface area (Å²) in [5.41, 5.74) is 3.42. The molecule has 1 aromatic carbocycles. The van der Waals surface area contributed by atoms with E-state index >= 15 is 0 Å². The zero-order valence-corrected chi connectivity index (χ0v) is 10.9. The first-order chi connectivity index (χ1) is 7.60. The van der Waals surface area contributed by atoms with E-state index in [2.05, 4.69) is 45.0 Å². The van der Waals surface area contributed by atoms with Crippen molar-refractivity contribution in [3.63, 3.8) is 0 Å². The minimum Gasteiger partial charge on any atom is -0.0620 e. The van der Waals surface area contributed by atoms with Crippen LogP contribution in [-0.4, -0.2) is 0 Å². The maximum absolute atomic E-state index is 2.48. The van der Waals surface area contributed by atoms with Crippen molar-refractivity contribution in [2.45, 2.75) is 52.9 Å². The smallest absolute Gasteiger partial charge is 0.0222 e. The van der Waals surface area contributed by atoms with Crippen LogP contribution in [0, 0.1) is 18.3 Å². The van der Waals surface area contributed by atoms with Crippen molar-refractivity contribution in [3.8, 4) is 0 Å². The summed E-state index contributed by atoms with van der Waals surface area (Å²) in [4.78, 5) is 0. The first-order valence-corrected chi connectivity index (χ1v) is 6.66. The van der Waals surface area contributed by atoms with Gasteiger partial charge in [-0.05, 0) is 36.7 Å². The standard InChI is InChI=1S/C16H24/c1-13-7-9-15(10-8-13)12-16(3)11-5-4-6-14(16)2/h7-10,14H,4-6,11-12H2,1-3H3. The largest absolute Gasteiger partial charge is 0.0620 e. The fourth-order valence-electron chi connectivity index (χ4n) is 3.01. The normalized spacial score (nSPS) is 30.3. The maximum atomic E-state index is 2.48. The van der Waals surface area contributed by atoms with Gasteiger partial charge in [0.15, 0.2) is 0 Å². The van der Waals surface area contributed by atoms with Gasteiger partial charge in [0.05, 0.1) is 0 Å². The Morgan fingerprint density at radius 2 is 1.88 bits per heavy atom. The minimum absolute atomic E-state index is 0.535. The van der Waals surface area contributed by atoms with Gasteiger partial charge in [0.25, 0.3) is 0 Å². The SMILES string of the molecule is Cc1ccc(CC2(C)CCCCC2C)cc1. The molecule has 1 fully saturated rings. The molecule has 88 valence electrons. The van der Waals surface area contributed by atoms with Crippen LogP contribution >= 0.6 is 0 Å². The van der Waals surface area contributed by atoms with Crippen molar-refractivity contribution in [2.75, 3.05) is 0 Å². The molecule has 0 heteroatoms. The van der Waals surface area contributed by atoms with Gasteiger partial charge >= 0.3 is 0 Å². The zero-order valence-electron chi connectivity index (χ0n) is 10.9. The Balaban J connectivity index is 2.10. The lowest BCUT2D eigenvalue weighted by Crippen LogP contribution is -2.31. The average molecular weight is 216 g/mol. The molecule has 0 aromatic heterocycles. The van der Waals surface area contributed by atoms with E-state index in [4.69, 9.17) is 0 Å². The lowest BCUT2D eigenvalue weighted by molar-refractivity contribution is 0.130. The third-order valence-corrected chi connectivity index (χ3v) is 4.55. The van der Waals surface area contributed by atoms with E-state index in [0.29, 0.717) is 5.41 Å². The van der Waals surface area contributed by atoms with Crippen molar-refractivity contribution >= 4 is 0 Å². The van der Waals surface area contributed by atoms with Gasteiger partial charge in [-0.3, -0.25) is 0 Å². The lowest BCUT2D eigenvalue weighted by Gasteiger charge is -2.40. The second-order valence-corrected chi connectivity index (χ2v) is 5.96. The molecule has 1 saturated carbocycles. The van der Waals surface area contributed by atoms with E-state index in [1.165, 1.54) is 43.2 Å². The van der Waals surface area contributed by atoms with Crippen molar-refractivity contribution in [1.29, 1.82) is 0 Å². The van der Waals surface area contributed by atoms with Gasteiger partial charge in [-0.2, -0.15) is 0 Å². The van der Waals surface area contributed by atoms with Crippen LogP contribution in [0.3, 0.4) is 0 Å². The van der Waals surface area contributed by atoms with Gasteiger partial charge in [-0.25, -0.2) is 0 Å². The van der Waals surface area contributed by atoms with Crippen LogP contribution < -0.4 is 0 Å². The van der Waals surface area contributed by atoms with Gasteiger partial charge in [-0.1, -0.05) is 62.9 Å². The Bertz CT molecular complexity index is 336. The number of hydrogen-bond acceptors (Lipinski definition) is 0. The first-order valence-electron chi connectivity index (χ1n) is 6.66. The van der Waals surface area contributed by atoms with Crippen molar-refractivity contribution in [1.82, 2.24) is 0 Å². The molecule has 0 amide bonds. The van der Waals surface area contributed by atoms with E-state index in [1.54, 1.807) is 0 Å². The molecule has 0 bridgehead atoms. The first kappa shape index (κ1) is 11.7. The molecule has 2 unspecified atom stereocenters. The lowest BCUT2D eigenvalue weighted by atomic mass is 9.65. The third kappa shape index (κ3) is 2.48. The fraction of sp³-hybridized carbons (Fsp3) is 0.625. The highest BCUT2D eigenvalue weighted by atomic mass is 14.4. The predicted octanol–water partition coefficient (Wildman–Crippen LogP) is 4.75. The van der Waals surface area contributed by atoms with E-state index in [-0.39, 0.29) is 0 Å². The maximum Gasteiger partial charge on any atom is -0.0222 e. The van der Waals surface area contributed by atoms with Crippen LogP contribution in [0.2, 0.25) is 0 Å². The highest BCUT2D eigenvalue weighted by molar-refractivity contribution is 5.22. The van der Waals surface area contributed by atoms with Gasteiger partial charge in [0.1, 0.15) is 0 Å². The Labute approximate surface area is 100 Å². The van der Waals surface area contributed by atoms with Crippen molar-refractivity contribution in [3.05, 3.63) is 35.4 Å². The van der Waals surface area contributed by atoms with Crippen molar-refractivity contribution in [2.24, 2.45) is 11.3 Å². The second kappa shape index (κ2) is 4.61. The summed E-state index contributed by atoms with van der Waals surface area (Å²) in [5.74, 6) is 0.877. The van der Waals surface area contributed by atoms with Crippen LogP contribution in [-0.2, 0) is 6.42 Å². The monoisotopic (exact) mass is 216 g/mol. The molecule has 0 saturated heterocycles. The molecule has 1 aromatic rings. The van der Waals surface area contributed by atoms with Gasteiger partial charge in [-0.15, -0.1) is 0 Å². The van der Waals surface area contributed by atoms with Gasteiger partial charge in [0, 0.05) is 0 Å². The van der Waals surface area contributed by atoms with Gasteiger partial charge < -0.3 is 0 Å². The Hall–Kier alpha value is -0.780. The Morgan fingerprint density at radius 3 is 2.50 bits per heavy atom. The fourth-order valence-corrected chi connectivity index (χ4v) is 3.01. The van der Waals surface area contributed by atoms with Crippen LogP contribution in [0.1, 0.15) is 50.7 Å². The molecular formula is C16H24. The Morgan fingerprint density at radius 1 is 1.19 bits per heavy atom. The molecule has 1 aliphatic carbocycles. The molecule has 2 rings (SSSR count). The predicted molar refractivity (Wildman–Crippen MR) is 70.6 cm³/mol. The zero-order chi connectivity index (χ0) is 11.6. The van der Waals surface area contributed by atoms with Crippen LogP contribution in [0.4, 0.5) is 0 Å². The minimum atomic E-state index is 0.535. The highest BCUT2D eigenvalue weighted by Gasteiger charge is 2.33. The van der Waals surface area contributed by atoms with E-state index in [1.807, 2.05) is 0 Å². The van der Waals surface area contributed by atoms with Crippen LogP contribution in [0.15, 0.2) is 24.3 Å². The molecule has 0 spiro atoms. The summed E-state index contributed by atoms with van der Waals surface area (Å²) in [7, 11) is 0. The highest BCUT2D eigenvalue weighted by Crippen LogP contribution is 2.43.